The summed E-state index contributed by atoms with van der Waals surface area (Å²) in [6.07, 6.45) is 1.51. The number of amides is 1. The van der Waals surface area contributed by atoms with Gasteiger partial charge in [-0.05, 0) is 63.2 Å². The van der Waals surface area contributed by atoms with E-state index in [4.69, 9.17) is 21.3 Å². The van der Waals surface area contributed by atoms with Gasteiger partial charge in [0.1, 0.15) is 6.61 Å². The van der Waals surface area contributed by atoms with Crippen LogP contribution in [-0.2, 0) is 39.5 Å². The highest BCUT2D eigenvalue weighted by atomic mass is 35.5. The monoisotopic (exact) mass is 568 g/mol. The number of rotatable bonds is 11. The second kappa shape index (κ2) is 12.1. The predicted molar refractivity (Wildman–Crippen MR) is 155 cm³/mol. The molecule has 1 atom stereocenters. The quantitative estimate of drug-likeness (QED) is 0.265. The number of nitrogens with one attached hydrogen (secondary N) is 1. The van der Waals surface area contributed by atoms with Gasteiger partial charge in [-0.2, -0.15) is 0 Å². The fourth-order valence-electron chi connectivity index (χ4n) is 5.28. The average Bonchev–Trinajstić information content (AvgIpc) is 3.29. The molecule has 1 aromatic carbocycles. The second-order valence-electron chi connectivity index (χ2n) is 10.4. The van der Waals surface area contributed by atoms with E-state index in [0.29, 0.717) is 42.3 Å². The highest BCUT2D eigenvalue weighted by Gasteiger charge is 2.41. The van der Waals surface area contributed by atoms with Gasteiger partial charge in [-0.25, -0.2) is 4.98 Å². The van der Waals surface area contributed by atoms with Crippen molar-refractivity contribution in [3.05, 3.63) is 61.9 Å². The molecular weight excluding hydrogens is 532 g/mol. The van der Waals surface area contributed by atoms with Crippen LogP contribution in [0.2, 0.25) is 5.02 Å². The molecule has 9 nitrogen and oxygen atoms in total. The van der Waals surface area contributed by atoms with Crippen LogP contribution in [0.3, 0.4) is 0 Å². The van der Waals surface area contributed by atoms with Crippen LogP contribution in [-0.4, -0.2) is 58.6 Å². The molecule has 214 valence electrons. The van der Waals surface area contributed by atoms with E-state index < -0.39 is 23.0 Å². The number of likely N-dealkylation sites (N-methyl/N-ethyl adjacent to an activating group) is 1. The molecule has 0 aliphatic carbocycles. The molecule has 2 aromatic heterocycles. The minimum Gasteiger partial charge on any atom is -0.461 e. The molecular formula is C30H37ClN4O5. The van der Waals surface area contributed by atoms with E-state index in [0.717, 1.165) is 22.0 Å². The minimum absolute atomic E-state index is 0.0102. The van der Waals surface area contributed by atoms with Gasteiger partial charge in [0.05, 0.1) is 29.0 Å². The molecule has 0 unspecified atom stereocenters. The Hall–Kier alpha value is -3.27. The van der Waals surface area contributed by atoms with Gasteiger partial charge >= 0.3 is 5.97 Å². The lowest BCUT2D eigenvalue weighted by Gasteiger charge is -2.29. The summed E-state index contributed by atoms with van der Waals surface area (Å²) in [5.41, 5.74) is 1.59. The van der Waals surface area contributed by atoms with Gasteiger partial charge in [0, 0.05) is 41.0 Å². The minimum atomic E-state index is -2.02. The molecule has 10 heteroatoms. The van der Waals surface area contributed by atoms with E-state index in [1.165, 1.54) is 0 Å². The molecule has 0 radical (unpaired) electrons. The Balaban J connectivity index is 1.91. The molecule has 2 N–H and O–H groups in total. The molecule has 1 aliphatic rings. The number of ether oxygens (including phenoxy) is 1. The van der Waals surface area contributed by atoms with Crippen LogP contribution in [0.15, 0.2) is 29.1 Å². The lowest BCUT2D eigenvalue weighted by molar-refractivity contribution is -0.145. The summed E-state index contributed by atoms with van der Waals surface area (Å²) in [5.74, 6) is -1.06. The predicted octanol–water partition coefficient (Wildman–Crippen LogP) is 3.76. The van der Waals surface area contributed by atoms with Crippen molar-refractivity contribution in [1.82, 2.24) is 19.8 Å². The lowest BCUT2D eigenvalue weighted by atomic mass is 9.86. The summed E-state index contributed by atoms with van der Waals surface area (Å²) in [4.78, 5) is 46.5. The highest BCUT2D eigenvalue weighted by Crippen LogP contribution is 2.39. The van der Waals surface area contributed by atoms with E-state index >= 15 is 0 Å². The largest absolute Gasteiger partial charge is 0.461 e. The molecule has 1 aliphatic heterocycles. The maximum atomic E-state index is 14.0. The number of pyridine rings is 2. The zero-order valence-electron chi connectivity index (χ0n) is 23.8. The summed E-state index contributed by atoms with van der Waals surface area (Å²) in [6.45, 7) is 6.41. The zero-order valence-corrected chi connectivity index (χ0v) is 24.5. The zero-order chi connectivity index (χ0) is 29.2. The number of hydrogen-bond acceptors (Lipinski definition) is 7. The van der Waals surface area contributed by atoms with Crippen molar-refractivity contribution in [3.8, 4) is 11.4 Å². The van der Waals surface area contributed by atoms with Crippen molar-refractivity contribution in [2.75, 3.05) is 27.2 Å². The Labute approximate surface area is 239 Å². The van der Waals surface area contributed by atoms with Gasteiger partial charge in [0.25, 0.3) is 11.5 Å². The second-order valence-corrected chi connectivity index (χ2v) is 10.9. The molecule has 3 heterocycles. The molecule has 0 bridgehead atoms. The summed E-state index contributed by atoms with van der Waals surface area (Å²) >= 11 is 6.29. The first-order chi connectivity index (χ1) is 19.0. The summed E-state index contributed by atoms with van der Waals surface area (Å²) in [5, 5.41) is 16.2. The first kappa shape index (κ1) is 29.7. The fraction of sp³-hybridized carbons (Fsp3) is 0.467. The standard InChI is InChI=1S/C30H37ClN4O5/c1-6-9-26(36)40-17-22-23(30(39,8-3)29(38)32-12-13-34(4)5)15-25-27-21(16-35(25)28(22)37)19(7-2)20-14-18(31)10-11-24(20)33-27/h10-11,14-15,39H,6-9,12-13,16-17H2,1-5H3,(H,32,38)/t30-/m0/s1. The van der Waals surface area contributed by atoms with E-state index in [2.05, 4.69) is 5.32 Å². The van der Waals surface area contributed by atoms with Crippen molar-refractivity contribution in [2.24, 2.45) is 0 Å². The number of esters is 1. The third-order valence-electron chi connectivity index (χ3n) is 7.49. The van der Waals surface area contributed by atoms with Crippen LogP contribution in [0.1, 0.15) is 62.3 Å². The molecule has 40 heavy (non-hydrogen) atoms. The third kappa shape index (κ3) is 5.50. The van der Waals surface area contributed by atoms with Crippen molar-refractivity contribution in [1.29, 1.82) is 0 Å². The number of aliphatic hydroxyl groups is 1. The van der Waals surface area contributed by atoms with Crippen LogP contribution >= 0.6 is 11.6 Å². The van der Waals surface area contributed by atoms with Crippen LogP contribution < -0.4 is 10.9 Å². The Morgan fingerprint density at radius 1 is 1.20 bits per heavy atom. The SMILES string of the molecule is CCCC(=O)OCc1c([C@@](O)(CC)C(=O)NCCN(C)C)cc2n(c1=O)Cc1c-2nc2ccc(Cl)cc2c1CC. The molecule has 0 spiro atoms. The van der Waals surface area contributed by atoms with Gasteiger partial charge in [0.15, 0.2) is 5.60 Å². The van der Waals surface area contributed by atoms with Crippen molar-refractivity contribution in [3.63, 3.8) is 0 Å². The molecule has 0 saturated heterocycles. The smallest absolute Gasteiger partial charge is 0.306 e. The maximum absolute atomic E-state index is 14.0. The number of nitrogens with zero attached hydrogens (tertiary/aromatic N) is 3. The third-order valence-corrected chi connectivity index (χ3v) is 7.72. The van der Waals surface area contributed by atoms with Crippen LogP contribution in [0.4, 0.5) is 0 Å². The van der Waals surface area contributed by atoms with Crippen LogP contribution in [0, 0.1) is 0 Å². The fourth-order valence-corrected chi connectivity index (χ4v) is 5.45. The van der Waals surface area contributed by atoms with Gasteiger partial charge < -0.3 is 24.6 Å². The van der Waals surface area contributed by atoms with Crippen LogP contribution in [0.25, 0.3) is 22.3 Å². The van der Waals surface area contributed by atoms with E-state index in [-0.39, 0.29) is 37.1 Å². The van der Waals surface area contributed by atoms with E-state index in [1.54, 1.807) is 23.6 Å². The van der Waals surface area contributed by atoms with Crippen molar-refractivity contribution >= 4 is 34.4 Å². The Bertz CT molecular complexity index is 1520. The number of carbonyl (C=O) groups excluding carboxylic acids is 2. The first-order valence-electron chi connectivity index (χ1n) is 13.7. The van der Waals surface area contributed by atoms with Gasteiger partial charge in [-0.3, -0.25) is 14.4 Å². The normalized spacial score (nSPS) is 13.7. The summed E-state index contributed by atoms with van der Waals surface area (Å²) in [7, 11) is 3.77. The number of aromatic nitrogens is 2. The first-order valence-corrected chi connectivity index (χ1v) is 14.1. The number of halogens is 1. The molecule has 4 rings (SSSR count). The van der Waals surface area contributed by atoms with E-state index in [1.807, 2.05) is 45.0 Å². The number of aryl methyl sites for hydroxylation is 1. The molecule has 3 aromatic rings. The molecule has 0 fully saturated rings. The Morgan fingerprint density at radius 3 is 2.60 bits per heavy atom. The van der Waals surface area contributed by atoms with Gasteiger partial charge in [-0.15, -0.1) is 0 Å². The number of benzene rings is 1. The van der Waals surface area contributed by atoms with E-state index in [9.17, 15) is 19.5 Å². The topological polar surface area (TPSA) is 114 Å². The lowest BCUT2D eigenvalue weighted by Crippen LogP contribution is -2.47. The summed E-state index contributed by atoms with van der Waals surface area (Å²) in [6, 6.07) is 7.17. The van der Waals surface area contributed by atoms with Crippen LogP contribution in [0.5, 0.6) is 0 Å². The number of fused-ring (bicyclic) bond motifs is 4. The molecule has 1 amide bonds. The highest BCUT2D eigenvalue weighted by molar-refractivity contribution is 6.31. The Kier molecular flexibility index (Phi) is 8.97. The average molecular weight is 569 g/mol. The van der Waals surface area contributed by atoms with Crippen molar-refractivity contribution in [2.45, 2.75) is 65.2 Å². The van der Waals surface area contributed by atoms with Gasteiger partial charge in [-0.1, -0.05) is 32.4 Å². The van der Waals surface area contributed by atoms with Gasteiger partial charge in [0.2, 0.25) is 0 Å². The Morgan fingerprint density at radius 2 is 1.95 bits per heavy atom. The number of carbonyl (C=O) groups is 2. The maximum Gasteiger partial charge on any atom is 0.306 e. The molecule has 0 saturated carbocycles. The van der Waals surface area contributed by atoms with Crippen molar-refractivity contribution < 1.29 is 19.4 Å². The number of hydrogen-bond donors (Lipinski definition) is 2. The summed E-state index contributed by atoms with van der Waals surface area (Å²) < 4.78 is 7.04.